The van der Waals surface area contributed by atoms with Crippen LogP contribution >= 0.6 is 12.4 Å². The summed E-state index contributed by atoms with van der Waals surface area (Å²) in [5.74, 6) is 0.272. The van der Waals surface area contributed by atoms with Crippen molar-refractivity contribution in [1.82, 2.24) is 0 Å². The monoisotopic (exact) mass is 259 g/mol. The Hall–Kier alpha value is -1.42. The molecule has 0 bridgehead atoms. The smallest absolute Gasteiger partial charge is 0.315 e. The predicted molar refractivity (Wildman–Crippen MR) is 69.7 cm³/mol. The first-order valence-corrected chi connectivity index (χ1v) is 4.96. The van der Waals surface area contributed by atoms with E-state index in [9.17, 15) is 4.79 Å². The van der Waals surface area contributed by atoms with Crippen LogP contribution in [0.5, 0.6) is 5.75 Å². The number of methoxy groups -OCH3 is 2. The van der Waals surface area contributed by atoms with Crippen LogP contribution in [-0.4, -0.2) is 20.2 Å². The van der Waals surface area contributed by atoms with E-state index in [-0.39, 0.29) is 18.4 Å². The average molecular weight is 260 g/mol. The first-order chi connectivity index (χ1) is 7.43. The fourth-order valence-electron chi connectivity index (χ4n) is 1.47. The molecule has 0 heterocycles. The topological polar surface area (TPSA) is 61.5 Å². The van der Waals surface area contributed by atoms with Crippen molar-refractivity contribution < 1.29 is 14.3 Å². The maximum absolute atomic E-state index is 11.6. The van der Waals surface area contributed by atoms with Gasteiger partial charge in [-0.15, -0.1) is 12.4 Å². The van der Waals surface area contributed by atoms with Crippen molar-refractivity contribution in [2.24, 2.45) is 0 Å². The lowest BCUT2D eigenvalue weighted by molar-refractivity contribution is -0.146. The molecule has 0 saturated heterocycles. The second-order valence-corrected chi connectivity index (χ2v) is 4.07. The lowest BCUT2D eigenvalue weighted by Crippen LogP contribution is -2.30. The predicted octanol–water partition coefficient (Wildman–Crippen LogP) is 2.15. The standard InChI is InChI=1S/C12H17NO3.ClH/c1-12(2,11(14)16-4)8-5-6-9(13)10(7-8)15-3;/h5-7H,13H2,1-4H3;1H. The van der Waals surface area contributed by atoms with Gasteiger partial charge in [0, 0.05) is 0 Å². The molecule has 0 aliphatic heterocycles. The molecule has 0 spiro atoms. The number of esters is 1. The van der Waals surface area contributed by atoms with Gasteiger partial charge in [0.15, 0.2) is 0 Å². The maximum Gasteiger partial charge on any atom is 0.315 e. The van der Waals surface area contributed by atoms with E-state index in [1.54, 1.807) is 39.2 Å². The average Bonchev–Trinajstić information content (AvgIpc) is 2.28. The fraction of sp³-hybridized carbons (Fsp3) is 0.417. The van der Waals surface area contributed by atoms with Crippen LogP contribution in [-0.2, 0) is 14.9 Å². The third-order valence-corrected chi connectivity index (χ3v) is 2.65. The van der Waals surface area contributed by atoms with Crippen LogP contribution in [0.2, 0.25) is 0 Å². The molecule has 0 amide bonds. The SMILES string of the molecule is COC(=O)C(C)(C)c1ccc(N)c(OC)c1.Cl. The molecule has 96 valence electrons. The maximum atomic E-state index is 11.6. The number of nitrogen functional groups attached to an aromatic ring is 1. The minimum absolute atomic E-state index is 0. The minimum atomic E-state index is -0.713. The molecule has 4 nitrogen and oxygen atoms in total. The van der Waals surface area contributed by atoms with Gasteiger partial charge in [-0.2, -0.15) is 0 Å². The van der Waals surface area contributed by atoms with Crippen LogP contribution in [0.15, 0.2) is 18.2 Å². The van der Waals surface area contributed by atoms with E-state index < -0.39 is 5.41 Å². The Morgan fingerprint density at radius 2 is 1.88 bits per heavy atom. The number of ether oxygens (including phenoxy) is 2. The second-order valence-electron chi connectivity index (χ2n) is 4.07. The van der Waals surface area contributed by atoms with Crippen molar-refractivity contribution in [2.75, 3.05) is 20.0 Å². The number of carbonyl (C=O) groups is 1. The summed E-state index contributed by atoms with van der Waals surface area (Å²) in [4.78, 5) is 11.6. The molecule has 0 fully saturated rings. The number of halogens is 1. The summed E-state index contributed by atoms with van der Waals surface area (Å²) in [5.41, 5.74) is 6.36. The Bertz CT molecular complexity index is 405. The van der Waals surface area contributed by atoms with Crippen LogP contribution in [0, 0.1) is 0 Å². The zero-order valence-corrected chi connectivity index (χ0v) is 11.3. The van der Waals surface area contributed by atoms with E-state index in [0.717, 1.165) is 5.56 Å². The van der Waals surface area contributed by atoms with Gasteiger partial charge in [-0.25, -0.2) is 0 Å². The number of benzene rings is 1. The number of hydrogen-bond acceptors (Lipinski definition) is 4. The number of anilines is 1. The van der Waals surface area contributed by atoms with Crippen molar-refractivity contribution in [3.63, 3.8) is 0 Å². The third kappa shape index (κ3) is 3.03. The number of nitrogens with two attached hydrogens (primary N) is 1. The summed E-state index contributed by atoms with van der Waals surface area (Å²) >= 11 is 0. The summed E-state index contributed by atoms with van der Waals surface area (Å²) < 4.78 is 9.88. The summed E-state index contributed by atoms with van der Waals surface area (Å²) in [6.07, 6.45) is 0. The summed E-state index contributed by atoms with van der Waals surface area (Å²) in [7, 11) is 2.92. The van der Waals surface area contributed by atoms with Crippen LogP contribution < -0.4 is 10.5 Å². The van der Waals surface area contributed by atoms with Crippen LogP contribution in [0.1, 0.15) is 19.4 Å². The molecule has 0 aliphatic rings. The molecule has 17 heavy (non-hydrogen) atoms. The molecule has 5 heteroatoms. The van der Waals surface area contributed by atoms with E-state index >= 15 is 0 Å². The Kier molecular flexibility index (Phi) is 5.29. The van der Waals surface area contributed by atoms with Gasteiger partial charge < -0.3 is 15.2 Å². The molecule has 0 aromatic heterocycles. The van der Waals surface area contributed by atoms with E-state index in [2.05, 4.69) is 0 Å². The largest absolute Gasteiger partial charge is 0.495 e. The van der Waals surface area contributed by atoms with Crippen molar-refractivity contribution in [3.05, 3.63) is 23.8 Å². The minimum Gasteiger partial charge on any atom is -0.495 e. The van der Waals surface area contributed by atoms with Crippen molar-refractivity contribution >= 4 is 24.1 Å². The lowest BCUT2D eigenvalue weighted by atomic mass is 9.84. The quantitative estimate of drug-likeness (QED) is 0.667. The van der Waals surface area contributed by atoms with Crippen molar-refractivity contribution in [2.45, 2.75) is 19.3 Å². The number of rotatable bonds is 3. The lowest BCUT2D eigenvalue weighted by Gasteiger charge is -2.22. The molecule has 0 radical (unpaired) electrons. The van der Waals surface area contributed by atoms with Gasteiger partial charge in [0.2, 0.25) is 0 Å². The van der Waals surface area contributed by atoms with Crippen molar-refractivity contribution in [3.8, 4) is 5.75 Å². The molecule has 1 rings (SSSR count). The summed E-state index contributed by atoms with van der Waals surface area (Å²) in [6, 6.07) is 5.28. The van der Waals surface area contributed by atoms with Crippen molar-refractivity contribution in [1.29, 1.82) is 0 Å². The molecule has 0 aliphatic carbocycles. The molecule has 2 N–H and O–H groups in total. The molecule has 1 aromatic rings. The normalized spacial score (nSPS) is 10.4. The first kappa shape index (κ1) is 15.6. The van der Waals surface area contributed by atoms with Crippen LogP contribution in [0.25, 0.3) is 0 Å². The highest BCUT2D eigenvalue weighted by Crippen LogP contribution is 2.30. The van der Waals surface area contributed by atoms with E-state index in [1.165, 1.54) is 7.11 Å². The zero-order chi connectivity index (χ0) is 12.3. The van der Waals surface area contributed by atoms with Gasteiger partial charge in [0.1, 0.15) is 5.75 Å². The zero-order valence-electron chi connectivity index (χ0n) is 10.4. The number of carbonyl (C=O) groups excluding carboxylic acids is 1. The van der Waals surface area contributed by atoms with Gasteiger partial charge in [-0.05, 0) is 31.5 Å². The highest BCUT2D eigenvalue weighted by Gasteiger charge is 2.31. The Morgan fingerprint density at radius 3 is 2.35 bits per heavy atom. The first-order valence-electron chi connectivity index (χ1n) is 4.96. The van der Waals surface area contributed by atoms with E-state index in [1.807, 2.05) is 0 Å². The Balaban J connectivity index is 0.00000256. The van der Waals surface area contributed by atoms with Gasteiger partial charge in [0.05, 0.1) is 25.3 Å². The van der Waals surface area contributed by atoms with E-state index in [0.29, 0.717) is 11.4 Å². The van der Waals surface area contributed by atoms with Gasteiger partial charge in [-0.3, -0.25) is 4.79 Å². The molecule has 0 atom stereocenters. The summed E-state index contributed by atoms with van der Waals surface area (Å²) in [5, 5.41) is 0. The molecular weight excluding hydrogens is 242 g/mol. The van der Waals surface area contributed by atoms with Gasteiger partial charge in [-0.1, -0.05) is 6.07 Å². The van der Waals surface area contributed by atoms with Crippen LogP contribution in [0.4, 0.5) is 5.69 Å². The van der Waals surface area contributed by atoms with Crippen LogP contribution in [0.3, 0.4) is 0 Å². The van der Waals surface area contributed by atoms with Gasteiger partial charge >= 0.3 is 5.97 Å². The summed E-state index contributed by atoms with van der Waals surface area (Å²) in [6.45, 7) is 3.59. The Morgan fingerprint density at radius 1 is 1.29 bits per heavy atom. The highest BCUT2D eigenvalue weighted by molar-refractivity contribution is 5.85. The number of hydrogen-bond donors (Lipinski definition) is 1. The van der Waals surface area contributed by atoms with Gasteiger partial charge in [0.25, 0.3) is 0 Å². The second kappa shape index (κ2) is 5.77. The fourth-order valence-corrected chi connectivity index (χ4v) is 1.47. The molecular formula is C12H18ClNO3. The molecule has 0 saturated carbocycles. The molecule has 1 aromatic carbocycles. The molecule has 0 unspecified atom stereocenters. The highest BCUT2D eigenvalue weighted by atomic mass is 35.5. The Labute approximate surface area is 108 Å². The van der Waals surface area contributed by atoms with E-state index in [4.69, 9.17) is 15.2 Å². The third-order valence-electron chi connectivity index (χ3n) is 2.65.